The van der Waals surface area contributed by atoms with Crippen molar-refractivity contribution < 1.29 is 9.53 Å². The number of nitrogens with one attached hydrogen (secondary N) is 1. The Bertz CT molecular complexity index is 975. The summed E-state index contributed by atoms with van der Waals surface area (Å²) in [5, 5.41) is 7.31. The highest BCUT2D eigenvalue weighted by Crippen LogP contribution is 2.23. The highest BCUT2D eigenvalue weighted by molar-refractivity contribution is 5.79. The molecule has 1 amide bonds. The standard InChI is InChI=1S/C22H26N6O2/c1-30-19-8-3-2-6-17(19)9-11-23-22(29)18-7-4-12-27(15-18)20-14-21(25-16-24-20)28-13-5-10-26-28/h2-3,5-6,8,10,13-14,16,18H,4,7,9,11-12,15H2,1H3,(H,23,29). The molecule has 8 nitrogen and oxygen atoms in total. The molecule has 1 atom stereocenters. The lowest BCUT2D eigenvalue weighted by Crippen LogP contribution is -2.43. The molecule has 1 aliphatic heterocycles. The van der Waals surface area contributed by atoms with E-state index >= 15 is 0 Å². The zero-order valence-electron chi connectivity index (χ0n) is 17.1. The third-order valence-electron chi connectivity index (χ3n) is 5.38. The molecular weight excluding hydrogens is 380 g/mol. The number of aromatic nitrogens is 4. The van der Waals surface area contributed by atoms with E-state index in [9.17, 15) is 4.79 Å². The van der Waals surface area contributed by atoms with Gasteiger partial charge in [0.2, 0.25) is 5.91 Å². The number of piperidine rings is 1. The summed E-state index contributed by atoms with van der Waals surface area (Å²) < 4.78 is 7.09. The molecule has 4 rings (SSSR count). The fourth-order valence-electron chi connectivity index (χ4n) is 3.81. The number of methoxy groups -OCH3 is 1. The van der Waals surface area contributed by atoms with Crippen LogP contribution in [0.15, 0.2) is 55.1 Å². The van der Waals surface area contributed by atoms with E-state index in [1.165, 1.54) is 0 Å². The van der Waals surface area contributed by atoms with Crippen molar-refractivity contribution in [2.45, 2.75) is 19.3 Å². The number of carbonyl (C=O) groups excluding carboxylic acids is 1. The van der Waals surface area contributed by atoms with E-state index in [4.69, 9.17) is 4.74 Å². The number of ether oxygens (including phenoxy) is 1. The lowest BCUT2D eigenvalue weighted by molar-refractivity contribution is -0.125. The van der Waals surface area contributed by atoms with Crippen LogP contribution < -0.4 is 15.0 Å². The first-order valence-corrected chi connectivity index (χ1v) is 10.2. The molecule has 30 heavy (non-hydrogen) atoms. The van der Waals surface area contributed by atoms with Gasteiger partial charge < -0.3 is 15.0 Å². The number of carbonyl (C=O) groups is 1. The molecule has 8 heteroatoms. The Morgan fingerprint density at radius 1 is 1.23 bits per heavy atom. The molecular formula is C22H26N6O2. The van der Waals surface area contributed by atoms with E-state index in [-0.39, 0.29) is 11.8 Å². The average molecular weight is 406 g/mol. The lowest BCUT2D eigenvalue weighted by Gasteiger charge is -2.32. The van der Waals surface area contributed by atoms with Crippen LogP contribution >= 0.6 is 0 Å². The van der Waals surface area contributed by atoms with Gasteiger partial charge in [-0.05, 0) is 37.0 Å². The maximum absolute atomic E-state index is 12.8. The normalized spacial score (nSPS) is 16.3. The third-order valence-corrected chi connectivity index (χ3v) is 5.38. The van der Waals surface area contributed by atoms with Crippen LogP contribution in [0, 0.1) is 5.92 Å². The van der Waals surface area contributed by atoms with Crippen molar-refractivity contribution >= 4 is 11.7 Å². The first-order chi connectivity index (χ1) is 14.7. The number of para-hydroxylation sites is 1. The molecule has 1 N–H and O–H groups in total. The van der Waals surface area contributed by atoms with Gasteiger partial charge in [0.1, 0.15) is 17.9 Å². The van der Waals surface area contributed by atoms with Crippen molar-refractivity contribution in [3.8, 4) is 11.6 Å². The van der Waals surface area contributed by atoms with Gasteiger partial charge in [-0.2, -0.15) is 5.10 Å². The van der Waals surface area contributed by atoms with Gasteiger partial charge in [-0.1, -0.05) is 18.2 Å². The van der Waals surface area contributed by atoms with Crippen LogP contribution in [0.3, 0.4) is 0 Å². The first-order valence-electron chi connectivity index (χ1n) is 10.2. The Labute approximate surface area is 175 Å². The quantitative estimate of drug-likeness (QED) is 0.648. The zero-order valence-corrected chi connectivity index (χ0v) is 17.1. The predicted molar refractivity (Wildman–Crippen MR) is 114 cm³/mol. The molecule has 0 bridgehead atoms. The summed E-state index contributed by atoms with van der Waals surface area (Å²) >= 11 is 0. The summed E-state index contributed by atoms with van der Waals surface area (Å²) in [4.78, 5) is 23.6. The van der Waals surface area contributed by atoms with Gasteiger partial charge in [0, 0.05) is 38.1 Å². The van der Waals surface area contributed by atoms with E-state index in [0.29, 0.717) is 18.9 Å². The number of amides is 1. The van der Waals surface area contributed by atoms with E-state index in [0.717, 1.165) is 42.9 Å². The average Bonchev–Trinajstić information content (AvgIpc) is 3.35. The fraction of sp³-hybridized carbons (Fsp3) is 0.364. The van der Waals surface area contributed by atoms with Crippen molar-refractivity contribution in [2.24, 2.45) is 5.92 Å². The molecule has 0 spiro atoms. The van der Waals surface area contributed by atoms with Gasteiger partial charge in [-0.3, -0.25) is 4.79 Å². The molecule has 1 aromatic carbocycles. The minimum atomic E-state index is -0.0560. The van der Waals surface area contributed by atoms with E-state index < -0.39 is 0 Å². The van der Waals surface area contributed by atoms with Gasteiger partial charge in [0.05, 0.1) is 13.0 Å². The molecule has 3 heterocycles. The summed E-state index contributed by atoms with van der Waals surface area (Å²) in [6, 6.07) is 11.7. The second kappa shape index (κ2) is 9.39. The summed E-state index contributed by atoms with van der Waals surface area (Å²) in [6.07, 6.45) is 7.68. The smallest absolute Gasteiger partial charge is 0.224 e. The molecule has 1 fully saturated rings. The Morgan fingerprint density at radius 3 is 2.93 bits per heavy atom. The van der Waals surface area contributed by atoms with Gasteiger partial charge in [-0.25, -0.2) is 14.6 Å². The molecule has 156 valence electrons. The number of rotatable bonds is 7. The first kappa shape index (κ1) is 19.9. The van der Waals surface area contributed by atoms with E-state index in [1.807, 2.05) is 42.6 Å². The maximum Gasteiger partial charge on any atom is 0.224 e. The Kier molecular flexibility index (Phi) is 6.22. The number of nitrogens with zero attached hydrogens (tertiary/aromatic N) is 5. The Hall–Kier alpha value is -3.42. The zero-order chi connectivity index (χ0) is 20.8. The van der Waals surface area contributed by atoms with Crippen LogP contribution in [0.2, 0.25) is 0 Å². The minimum absolute atomic E-state index is 0.0560. The topological polar surface area (TPSA) is 85.2 Å². The highest BCUT2D eigenvalue weighted by atomic mass is 16.5. The maximum atomic E-state index is 12.8. The molecule has 0 radical (unpaired) electrons. The van der Waals surface area contributed by atoms with Crippen molar-refractivity contribution in [1.29, 1.82) is 0 Å². The fourth-order valence-corrected chi connectivity index (χ4v) is 3.81. The molecule has 2 aromatic heterocycles. The van der Waals surface area contributed by atoms with E-state index in [1.54, 1.807) is 24.3 Å². The second-order valence-electron chi connectivity index (χ2n) is 7.32. The van der Waals surface area contributed by atoms with Crippen molar-refractivity contribution in [2.75, 3.05) is 31.6 Å². The summed E-state index contributed by atoms with van der Waals surface area (Å²) in [7, 11) is 1.67. The van der Waals surface area contributed by atoms with E-state index in [2.05, 4.69) is 25.3 Å². The van der Waals surface area contributed by atoms with Gasteiger partial charge in [-0.15, -0.1) is 0 Å². The van der Waals surface area contributed by atoms with Gasteiger partial charge >= 0.3 is 0 Å². The number of hydrogen-bond acceptors (Lipinski definition) is 6. The van der Waals surface area contributed by atoms with Crippen molar-refractivity contribution in [3.05, 3.63) is 60.7 Å². The van der Waals surface area contributed by atoms with Crippen molar-refractivity contribution in [3.63, 3.8) is 0 Å². The summed E-state index contributed by atoms with van der Waals surface area (Å²) in [5.41, 5.74) is 1.10. The monoisotopic (exact) mass is 406 g/mol. The third kappa shape index (κ3) is 4.59. The minimum Gasteiger partial charge on any atom is -0.496 e. The van der Waals surface area contributed by atoms with Crippen LogP contribution in [0.1, 0.15) is 18.4 Å². The number of hydrogen-bond donors (Lipinski definition) is 1. The number of anilines is 1. The predicted octanol–water partition coefficient (Wildman–Crippen LogP) is 2.25. The second-order valence-corrected chi connectivity index (χ2v) is 7.32. The van der Waals surface area contributed by atoms with Crippen LogP contribution in [0.5, 0.6) is 5.75 Å². The summed E-state index contributed by atoms with van der Waals surface area (Å²) in [6.45, 7) is 2.11. The highest BCUT2D eigenvalue weighted by Gasteiger charge is 2.26. The largest absolute Gasteiger partial charge is 0.496 e. The SMILES string of the molecule is COc1ccccc1CCNC(=O)C1CCCN(c2cc(-n3cccn3)ncn2)C1. The van der Waals surface area contributed by atoms with Crippen molar-refractivity contribution in [1.82, 2.24) is 25.1 Å². The molecule has 1 aliphatic rings. The Morgan fingerprint density at radius 2 is 2.10 bits per heavy atom. The van der Waals surface area contributed by atoms with Gasteiger partial charge in [0.15, 0.2) is 5.82 Å². The van der Waals surface area contributed by atoms with Crippen LogP contribution in [-0.4, -0.2) is 52.4 Å². The lowest BCUT2D eigenvalue weighted by atomic mass is 9.97. The molecule has 1 saturated heterocycles. The van der Waals surface area contributed by atoms with Gasteiger partial charge in [0.25, 0.3) is 0 Å². The van der Waals surface area contributed by atoms with Crippen LogP contribution in [0.4, 0.5) is 5.82 Å². The summed E-state index contributed by atoms with van der Waals surface area (Å²) in [5.74, 6) is 2.43. The number of benzene rings is 1. The molecule has 0 saturated carbocycles. The van der Waals surface area contributed by atoms with Crippen LogP contribution in [-0.2, 0) is 11.2 Å². The molecule has 0 aliphatic carbocycles. The Balaban J connectivity index is 1.34. The molecule has 3 aromatic rings. The van der Waals surface area contributed by atoms with Crippen LogP contribution in [0.25, 0.3) is 5.82 Å². The molecule has 1 unspecified atom stereocenters.